The summed E-state index contributed by atoms with van der Waals surface area (Å²) in [6.07, 6.45) is 5.59. The summed E-state index contributed by atoms with van der Waals surface area (Å²) in [4.78, 5) is 0. The van der Waals surface area contributed by atoms with Crippen LogP contribution in [0.15, 0.2) is 18.2 Å². The van der Waals surface area contributed by atoms with Crippen molar-refractivity contribution in [1.82, 2.24) is 5.32 Å². The highest BCUT2D eigenvalue weighted by atomic mass is 35.5. The Bertz CT molecular complexity index is 446. The SMILES string of the molecule is CC(NC1CCCC2CC21)c1ccc(Cl)c(Cl)c1. The van der Waals surface area contributed by atoms with Crippen molar-refractivity contribution in [2.24, 2.45) is 11.8 Å². The minimum absolute atomic E-state index is 0.351. The van der Waals surface area contributed by atoms with Crippen molar-refractivity contribution >= 4 is 23.2 Å². The largest absolute Gasteiger partial charge is 0.307 e. The lowest BCUT2D eigenvalue weighted by atomic mass is 9.94. The van der Waals surface area contributed by atoms with Gasteiger partial charge in [-0.15, -0.1) is 0 Å². The molecule has 0 amide bonds. The Balaban J connectivity index is 1.66. The van der Waals surface area contributed by atoms with E-state index in [1.54, 1.807) is 0 Å². The van der Waals surface area contributed by atoms with E-state index < -0.39 is 0 Å². The molecule has 3 rings (SSSR count). The molecule has 1 aromatic carbocycles. The lowest BCUT2D eigenvalue weighted by Gasteiger charge is -2.27. The van der Waals surface area contributed by atoms with Crippen LogP contribution in [0.25, 0.3) is 0 Å². The molecule has 2 aliphatic carbocycles. The molecule has 2 fully saturated rings. The highest BCUT2D eigenvalue weighted by Gasteiger charge is 2.45. The first-order valence-corrected chi connectivity index (χ1v) is 7.61. The first-order valence-electron chi connectivity index (χ1n) is 6.86. The van der Waals surface area contributed by atoms with Crippen LogP contribution in [-0.2, 0) is 0 Å². The summed E-state index contributed by atoms with van der Waals surface area (Å²) in [6.45, 7) is 2.21. The fourth-order valence-corrected chi connectivity index (χ4v) is 3.62. The standard InChI is InChI=1S/C15H19Cl2N/c1-9(10-5-6-13(16)14(17)8-10)18-15-4-2-3-11-7-12(11)15/h5-6,8-9,11-12,15,18H,2-4,7H2,1H3. The van der Waals surface area contributed by atoms with Gasteiger partial charge in [0.2, 0.25) is 0 Å². The third-order valence-corrected chi connectivity index (χ3v) is 5.23. The lowest BCUT2D eigenvalue weighted by molar-refractivity contribution is 0.329. The van der Waals surface area contributed by atoms with E-state index in [-0.39, 0.29) is 0 Å². The van der Waals surface area contributed by atoms with Gasteiger partial charge in [0, 0.05) is 12.1 Å². The topological polar surface area (TPSA) is 12.0 Å². The third-order valence-electron chi connectivity index (χ3n) is 4.49. The summed E-state index contributed by atoms with van der Waals surface area (Å²) in [5.74, 6) is 1.95. The number of hydrogen-bond donors (Lipinski definition) is 1. The second kappa shape index (κ2) is 5.03. The molecule has 4 unspecified atom stereocenters. The maximum atomic E-state index is 6.08. The Morgan fingerprint density at radius 3 is 2.83 bits per heavy atom. The van der Waals surface area contributed by atoms with E-state index in [0.29, 0.717) is 22.1 Å². The monoisotopic (exact) mass is 283 g/mol. The van der Waals surface area contributed by atoms with Gasteiger partial charge in [-0.3, -0.25) is 0 Å². The van der Waals surface area contributed by atoms with Gasteiger partial charge in [-0.1, -0.05) is 42.1 Å². The van der Waals surface area contributed by atoms with Crippen LogP contribution < -0.4 is 5.32 Å². The molecule has 4 atom stereocenters. The van der Waals surface area contributed by atoms with Gasteiger partial charge in [-0.2, -0.15) is 0 Å². The predicted molar refractivity (Wildman–Crippen MR) is 77.2 cm³/mol. The summed E-state index contributed by atoms with van der Waals surface area (Å²) in [5.41, 5.74) is 1.23. The Morgan fingerprint density at radius 1 is 1.22 bits per heavy atom. The molecule has 2 aliphatic rings. The Labute approximate surface area is 119 Å². The molecule has 1 N–H and O–H groups in total. The molecule has 0 aliphatic heterocycles. The van der Waals surface area contributed by atoms with Crippen LogP contribution in [-0.4, -0.2) is 6.04 Å². The molecular formula is C15H19Cl2N. The number of hydrogen-bond acceptors (Lipinski definition) is 1. The van der Waals surface area contributed by atoms with Crippen molar-refractivity contribution in [2.75, 3.05) is 0 Å². The molecule has 0 bridgehead atoms. The lowest BCUT2D eigenvalue weighted by Crippen LogP contribution is -2.35. The summed E-state index contributed by atoms with van der Waals surface area (Å²) >= 11 is 12.0. The van der Waals surface area contributed by atoms with Gasteiger partial charge in [0.25, 0.3) is 0 Å². The predicted octanol–water partition coefficient (Wildman–Crippen LogP) is 4.83. The Morgan fingerprint density at radius 2 is 2.06 bits per heavy atom. The van der Waals surface area contributed by atoms with Gasteiger partial charge in [0.1, 0.15) is 0 Å². The van der Waals surface area contributed by atoms with Crippen LogP contribution in [0, 0.1) is 11.8 Å². The first kappa shape index (κ1) is 12.8. The zero-order valence-corrected chi connectivity index (χ0v) is 12.1. The molecule has 3 heteroatoms. The number of halogens is 2. The van der Waals surface area contributed by atoms with Crippen molar-refractivity contribution in [2.45, 2.75) is 44.7 Å². The average Bonchev–Trinajstić information content (AvgIpc) is 3.13. The number of fused-ring (bicyclic) bond motifs is 1. The van der Waals surface area contributed by atoms with Gasteiger partial charge < -0.3 is 5.32 Å². The minimum Gasteiger partial charge on any atom is -0.307 e. The number of rotatable bonds is 3. The van der Waals surface area contributed by atoms with E-state index in [4.69, 9.17) is 23.2 Å². The first-order chi connectivity index (χ1) is 8.65. The van der Waals surface area contributed by atoms with Gasteiger partial charge in [-0.05, 0) is 49.3 Å². The van der Waals surface area contributed by atoms with Gasteiger partial charge in [0.05, 0.1) is 10.0 Å². The molecule has 0 heterocycles. The molecule has 1 nitrogen and oxygen atoms in total. The van der Waals surface area contributed by atoms with E-state index in [1.165, 1.54) is 31.2 Å². The quantitative estimate of drug-likeness (QED) is 0.838. The van der Waals surface area contributed by atoms with Crippen molar-refractivity contribution in [3.05, 3.63) is 33.8 Å². The van der Waals surface area contributed by atoms with Crippen LogP contribution in [0.4, 0.5) is 0 Å². The van der Waals surface area contributed by atoms with Gasteiger partial charge in [-0.25, -0.2) is 0 Å². The molecule has 0 spiro atoms. The molecular weight excluding hydrogens is 265 g/mol. The summed E-state index contributed by atoms with van der Waals surface area (Å²) in [6, 6.07) is 6.99. The molecule has 0 saturated heterocycles. The fourth-order valence-electron chi connectivity index (χ4n) is 3.32. The minimum atomic E-state index is 0.351. The summed E-state index contributed by atoms with van der Waals surface area (Å²) in [7, 11) is 0. The van der Waals surface area contributed by atoms with Crippen LogP contribution in [0.5, 0.6) is 0 Å². The maximum Gasteiger partial charge on any atom is 0.0595 e. The zero-order chi connectivity index (χ0) is 12.7. The van der Waals surface area contributed by atoms with E-state index >= 15 is 0 Å². The highest BCUT2D eigenvalue weighted by molar-refractivity contribution is 6.42. The average molecular weight is 284 g/mol. The number of benzene rings is 1. The normalized spacial score (nSPS) is 31.8. The van der Waals surface area contributed by atoms with Crippen LogP contribution in [0.2, 0.25) is 10.0 Å². The van der Waals surface area contributed by atoms with Gasteiger partial charge >= 0.3 is 0 Å². The van der Waals surface area contributed by atoms with Crippen LogP contribution in [0.1, 0.15) is 44.2 Å². The van der Waals surface area contributed by atoms with Crippen molar-refractivity contribution in [1.29, 1.82) is 0 Å². The third kappa shape index (κ3) is 2.54. The van der Waals surface area contributed by atoms with Crippen molar-refractivity contribution in [3.8, 4) is 0 Å². The van der Waals surface area contributed by atoms with E-state index in [2.05, 4.69) is 18.3 Å². The van der Waals surface area contributed by atoms with E-state index in [1.807, 2.05) is 12.1 Å². The zero-order valence-electron chi connectivity index (χ0n) is 10.6. The fraction of sp³-hybridized carbons (Fsp3) is 0.600. The molecule has 18 heavy (non-hydrogen) atoms. The summed E-state index contributed by atoms with van der Waals surface area (Å²) < 4.78 is 0. The number of nitrogens with one attached hydrogen (secondary N) is 1. The molecule has 0 radical (unpaired) electrons. The van der Waals surface area contributed by atoms with Crippen molar-refractivity contribution in [3.63, 3.8) is 0 Å². The van der Waals surface area contributed by atoms with Crippen LogP contribution >= 0.6 is 23.2 Å². The second-order valence-corrected chi connectivity index (χ2v) is 6.57. The Hall–Kier alpha value is -0.240. The second-order valence-electron chi connectivity index (χ2n) is 5.76. The molecule has 1 aromatic rings. The van der Waals surface area contributed by atoms with Crippen LogP contribution in [0.3, 0.4) is 0 Å². The highest BCUT2D eigenvalue weighted by Crippen LogP contribution is 2.49. The van der Waals surface area contributed by atoms with Crippen molar-refractivity contribution < 1.29 is 0 Å². The molecule has 98 valence electrons. The molecule has 2 saturated carbocycles. The smallest absolute Gasteiger partial charge is 0.0595 e. The van der Waals surface area contributed by atoms with Gasteiger partial charge in [0.15, 0.2) is 0 Å². The van der Waals surface area contributed by atoms with E-state index in [0.717, 1.165) is 11.8 Å². The Kier molecular flexibility index (Phi) is 3.57. The van der Waals surface area contributed by atoms with E-state index in [9.17, 15) is 0 Å². The maximum absolute atomic E-state index is 6.08. The molecule has 0 aromatic heterocycles. The summed E-state index contributed by atoms with van der Waals surface area (Å²) in [5, 5.41) is 5.05.